The number of benzene rings is 1. The highest BCUT2D eigenvalue weighted by Gasteiger charge is 2.29. The zero-order valence-corrected chi connectivity index (χ0v) is 9.12. The van der Waals surface area contributed by atoms with Crippen LogP contribution in [0.25, 0.3) is 0 Å². The molecule has 0 aliphatic carbocycles. The molecule has 1 saturated heterocycles. The van der Waals surface area contributed by atoms with Crippen molar-refractivity contribution in [3.8, 4) is 0 Å². The van der Waals surface area contributed by atoms with E-state index in [-0.39, 0.29) is 5.91 Å². The minimum Gasteiger partial charge on any atom is -0.326 e. The van der Waals surface area contributed by atoms with Gasteiger partial charge in [-0.3, -0.25) is 10.1 Å². The number of carbonyl (C=O) groups excluding carboxylic acids is 2. The van der Waals surface area contributed by atoms with Crippen LogP contribution in [0.4, 0.5) is 4.79 Å². The standard InChI is InChI=1S/C12H14N2O2/c1-2-8-4-3-5-9(6-8)7-10-11(15)14-12(16)13-10/h3-6,10H,2,7H2,1H3,(H2,13,14,15,16). The fourth-order valence-corrected chi connectivity index (χ4v) is 1.81. The quantitative estimate of drug-likeness (QED) is 0.743. The summed E-state index contributed by atoms with van der Waals surface area (Å²) in [6, 6.07) is 7.23. The lowest BCUT2D eigenvalue weighted by molar-refractivity contribution is -0.120. The first-order valence-electron chi connectivity index (χ1n) is 5.38. The third-order valence-electron chi connectivity index (χ3n) is 2.70. The van der Waals surface area contributed by atoms with Crippen molar-refractivity contribution in [1.82, 2.24) is 10.6 Å². The van der Waals surface area contributed by atoms with Gasteiger partial charge in [-0.05, 0) is 17.5 Å². The number of carbonyl (C=O) groups is 2. The molecule has 1 heterocycles. The van der Waals surface area contributed by atoms with Gasteiger partial charge in [-0.1, -0.05) is 31.2 Å². The summed E-state index contributed by atoms with van der Waals surface area (Å²) in [5, 5.41) is 4.82. The molecule has 2 N–H and O–H groups in total. The molecular weight excluding hydrogens is 204 g/mol. The summed E-state index contributed by atoms with van der Waals surface area (Å²) >= 11 is 0. The zero-order valence-electron chi connectivity index (χ0n) is 9.12. The van der Waals surface area contributed by atoms with E-state index >= 15 is 0 Å². The lowest BCUT2D eigenvalue weighted by Crippen LogP contribution is -2.31. The summed E-state index contributed by atoms with van der Waals surface area (Å²) in [6.07, 6.45) is 1.52. The van der Waals surface area contributed by atoms with Crippen molar-refractivity contribution < 1.29 is 9.59 Å². The zero-order chi connectivity index (χ0) is 11.5. The Labute approximate surface area is 94.0 Å². The van der Waals surface area contributed by atoms with Crippen LogP contribution in [0.1, 0.15) is 18.1 Å². The van der Waals surface area contributed by atoms with Crippen LogP contribution >= 0.6 is 0 Å². The third kappa shape index (κ3) is 2.21. The molecule has 1 fully saturated rings. The van der Waals surface area contributed by atoms with Gasteiger partial charge in [0.25, 0.3) is 5.91 Å². The second kappa shape index (κ2) is 4.35. The van der Waals surface area contributed by atoms with Gasteiger partial charge in [-0.2, -0.15) is 0 Å². The van der Waals surface area contributed by atoms with Crippen molar-refractivity contribution in [2.24, 2.45) is 0 Å². The lowest BCUT2D eigenvalue weighted by Gasteiger charge is -2.08. The molecule has 1 aromatic carbocycles. The van der Waals surface area contributed by atoms with E-state index in [0.29, 0.717) is 6.42 Å². The SMILES string of the molecule is CCc1cccc(CC2NC(=O)NC2=O)c1. The summed E-state index contributed by atoms with van der Waals surface area (Å²) in [5.74, 6) is -0.244. The Kier molecular flexibility index (Phi) is 2.90. The van der Waals surface area contributed by atoms with Gasteiger partial charge in [0.2, 0.25) is 0 Å². The minimum atomic E-state index is -0.431. The largest absolute Gasteiger partial charge is 0.326 e. The fourth-order valence-electron chi connectivity index (χ4n) is 1.81. The lowest BCUT2D eigenvalue weighted by atomic mass is 10.0. The van der Waals surface area contributed by atoms with Gasteiger partial charge >= 0.3 is 6.03 Å². The first-order chi connectivity index (χ1) is 7.69. The molecule has 1 aromatic rings. The predicted octanol–water partition coefficient (Wildman–Crippen LogP) is 1.000. The average molecular weight is 218 g/mol. The van der Waals surface area contributed by atoms with Crippen molar-refractivity contribution in [2.45, 2.75) is 25.8 Å². The van der Waals surface area contributed by atoms with Crippen LogP contribution in [0.5, 0.6) is 0 Å². The van der Waals surface area contributed by atoms with Crippen molar-refractivity contribution in [3.63, 3.8) is 0 Å². The summed E-state index contributed by atoms with van der Waals surface area (Å²) < 4.78 is 0. The van der Waals surface area contributed by atoms with Crippen molar-refractivity contribution in [2.75, 3.05) is 0 Å². The van der Waals surface area contributed by atoms with Crippen LogP contribution in [-0.4, -0.2) is 18.0 Å². The Hall–Kier alpha value is -1.84. The van der Waals surface area contributed by atoms with E-state index in [1.165, 1.54) is 5.56 Å². The fraction of sp³-hybridized carbons (Fsp3) is 0.333. The van der Waals surface area contributed by atoms with Gasteiger partial charge in [0.15, 0.2) is 0 Å². The second-order valence-corrected chi connectivity index (χ2v) is 3.89. The molecule has 0 aromatic heterocycles. The maximum atomic E-state index is 11.3. The van der Waals surface area contributed by atoms with Gasteiger partial charge in [0, 0.05) is 6.42 Å². The number of urea groups is 1. The predicted molar refractivity (Wildman–Crippen MR) is 60.0 cm³/mol. The van der Waals surface area contributed by atoms with Crippen LogP contribution in [0.15, 0.2) is 24.3 Å². The number of imide groups is 1. The van der Waals surface area contributed by atoms with Crippen molar-refractivity contribution in [1.29, 1.82) is 0 Å². The third-order valence-corrected chi connectivity index (χ3v) is 2.70. The van der Waals surface area contributed by atoms with Gasteiger partial charge in [0.05, 0.1) is 0 Å². The van der Waals surface area contributed by atoms with E-state index < -0.39 is 12.1 Å². The Morgan fingerprint density at radius 2 is 2.00 bits per heavy atom. The molecule has 1 unspecified atom stereocenters. The number of rotatable bonds is 3. The smallest absolute Gasteiger partial charge is 0.322 e. The molecular formula is C12H14N2O2. The van der Waals surface area contributed by atoms with Crippen LogP contribution in [0.3, 0.4) is 0 Å². The van der Waals surface area contributed by atoms with E-state index in [0.717, 1.165) is 12.0 Å². The van der Waals surface area contributed by atoms with Gasteiger partial charge in [-0.25, -0.2) is 4.79 Å². The van der Waals surface area contributed by atoms with Crippen LogP contribution in [0, 0.1) is 0 Å². The van der Waals surface area contributed by atoms with Crippen LogP contribution < -0.4 is 10.6 Å². The van der Waals surface area contributed by atoms with E-state index in [4.69, 9.17) is 0 Å². The van der Waals surface area contributed by atoms with Crippen molar-refractivity contribution in [3.05, 3.63) is 35.4 Å². The number of amides is 3. The summed E-state index contributed by atoms with van der Waals surface area (Å²) in [5.41, 5.74) is 2.31. The highest BCUT2D eigenvalue weighted by molar-refractivity contribution is 6.04. The molecule has 1 aliphatic rings. The Bertz CT molecular complexity index is 429. The number of hydrogen-bond acceptors (Lipinski definition) is 2. The highest BCUT2D eigenvalue weighted by atomic mass is 16.2. The maximum absolute atomic E-state index is 11.3. The van der Waals surface area contributed by atoms with E-state index in [9.17, 15) is 9.59 Å². The maximum Gasteiger partial charge on any atom is 0.322 e. The molecule has 4 heteroatoms. The Balaban J connectivity index is 2.09. The highest BCUT2D eigenvalue weighted by Crippen LogP contribution is 2.10. The van der Waals surface area contributed by atoms with Crippen LogP contribution in [-0.2, 0) is 17.6 Å². The molecule has 0 bridgehead atoms. The number of nitrogens with one attached hydrogen (secondary N) is 2. The summed E-state index contributed by atoms with van der Waals surface area (Å²) in [6.45, 7) is 2.09. The molecule has 0 spiro atoms. The van der Waals surface area contributed by atoms with Gasteiger partial charge in [-0.15, -0.1) is 0 Å². The van der Waals surface area contributed by atoms with Gasteiger partial charge in [0.1, 0.15) is 6.04 Å². The molecule has 84 valence electrons. The average Bonchev–Trinajstić information content (AvgIpc) is 2.58. The molecule has 2 rings (SSSR count). The molecule has 4 nitrogen and oxygen atoms in total. The first-order valence-corrected chi connectivity index (χ1v) is 5.38. The Morgan fingerprint density at radius 3 is 2.62 bits per heavy atom. The van der Waals surface area contributed by atoms with E-state index in [2.05, 4.69) is 29.7 Å². The topological polar surface area (TPSA) is 58.2 Å². The second-order valence-electron chi connectivity index (χ2n) is 3.89. The van der Waals surface area contributed by atoms with Gasteiger partial charge < -0.3 is 5.32 Å². The van der Waals surface area contributed by atoms with E-state index in [1.54, 1.807) is 0 Å². The van der Waals surface area contributed by atoms with E-state index in [1.807, 2.05) is 12.1 Å². The monoisotopic (exact) mass is 218 g/mol. The molecule has 1 atom stereocenters. The molecule has 1 aliphatic heterocycles. The number of hydrogen-bond donors (Lipinski definition) is 2. The molecule has 0 radical (unpaired) electrons. The molecule has 0 saturated carbocycles. The van der Waals surface area contributed by atoms with Crippen molar-refractivity contribution >= 4 is 11.9 Å². The normalized spacial score (nSPS) is 19.4. The molecule has 16 heavy (non-hydrogen) atoms. The Morgan fingerprint density at radius 1 is 1.25 bits per heavy atom. The summed E-state index contributed by atoms with van der Waals surface area (Å²) in [4.78, 5) is 22.3. The first kappa shape index (κ1) is 10.7. The number of aryl methyl sites for hydroxylation is 1. The summed E-state index contributed by atoms with van der Waals surface area (Å²) in [7, 11) is 0. The molecule has 3 amide bonds. The van der Waals surface area contributed by atoms with Crippen LogP contribution in [0.2, 0.25) is 0 Å². The minimum absolute atomic E-state index is 0.244.